The first kappa shape index (κ1) is 17.0. The van der Waals surface area contributed by atoms with Crippen molar-refractivity contribution in [3.05, 3.63) is 54.2 Å². The molecule has 25 heavy (non-hydrogen) atoms. The lowest BCUT2D eigenvalue weighted by molar-refractivity contribution is -0.117. The van der Waals surface area contributed by atoms with Crippen molar-refractivity contribution in [3.8, 4) is 0 Å². The molecule has 6 heteroatoms. The van der Waals surface area contributed by atoms with E-state index in [1.165, 1.54) is 12.8 Å². The van der Waals surface area contributed by atoms with E-state index in [0.717, 1.165) is 18.9 Å². The van der Waals surface area contributed by atoms with Gasteiger partial charge in [0.15, 0.2) is 0 Å². The lowest BCUT2D eigenvalue weighted by Crippen LogP contribution is -2.41. The molecule has 2 amide bonds. The van der Waals surface area contributed by atoms with Crippen molar-refractivity contribution < 1.29 is 9.59 Å². The summed E-state index contributed by atoms with van der Waals surface area (Å²) in [6.07, 6.45) is 4.04. The molecule has 3 rings (SSSR count). The summed E-state index contributed by atoms with van der Waals surface area (Å²) in [7, 11) is 0. The lowest BCUT2D eigenvalue weighted by atomic mass is 10.2. The van der Waals surface area contributed by atoms with Crippen molar-refractivity contribution in [2.45, 2.75) is 25.8 Å². The number of carbonyl (C=O) groups excluding carboxylic acids is 2. The molecule has 1 aromatic carbocycles. The maximum atomic E-state index is 12.3. The van der Waals surface area contributed by atoms with Gasteiger partial charge in [0, 0.05) is 18.7 Å². The van der Waals surface area contributed by atoms with Crippen LogP contribution in [0.1, 0.15) is 30.1 Å². The molecule has 0 bridgehead atoms. The van der Waals surface area contributed by atoms with Gasteiger partial charge in [-0.3, -0.25) is 9.59 Å². The third kappa shape index (κ3) is 4.35. The molecule has 130 valence electrons. The van der Waals surface area contributed by atoms with Gasteiger partial charge < -0.3 is 15.5 Å². The number of nitrogens with zero attached hydrogens (tertiary/aromatic N) is 2. The molecule has 0 radical (unpaired) electrons. The highest BCUT2D eigenvalue weighted by atomic mass is 16.2. The van der Waals surface area contributed by atoms with Crippen molar-refractivity contribution >= 4 is 23.3 Å². The average molecular weight is 338 g/mol. The number of aromatic nitrogens is 1. The second kappa shape index (κ2) is 7.79. The molecule has 1 unspecified atom stereocenters. The molecule has 0 aliphatic carbocycles. The smallest absolute Gasteiger partial charge is 0.251 e. The molecular weight excluding hydrogens is 316 g/mol. The second-order valence-corrected chi connectivity index (χ2v) is 6.15. The van der Waals surface area contributed by atoms with Gasteiger partial charge in [0.25, 0.3) is 5.91 Å². The van der Waals surface area contributed by atoms with E-state index in [4.69, 9.17) is 0 Å². The first-order chi connectivity index (χ1) is 12.1. The van der Waals surface area contributed by atoms with E-state index < -0.39 is 6.04 Å². The predicted molar refractivity (Wildman–Crippen MR) is 97.7 cm³/mol. The Morgan fingerprint density at radius 1 is 1.08 bits per heavy atom. The maximum absolute atomic E-state index is 12.3. The largest absolute Gasteiger partial charge is 0.357 e. The van der Waals surface area contributed by atoms with Gasteiger partial charge in [0.05, 0.1) is 11.9 Å². The van der Waals surface area contributed by atoms with Crippen molar-refractivity contribution in [1.82, 2.24) is 10.3 Å². The molecule has 1 atom stereocenters. The van der Waals surface area contributed by atoms with E-state index in [1.54, 1.807) is 37.4 Å². The fraction of sp³-hybridized carbons (Fsp3) is 0.316. The van der Waals surface area contributed by atoms with Crippen LogP contribution in [0.3, 0.4) is 0 Å². The number of rotatable bonds is 5. The zero-order valence-electron chi connectivity index (χ0n) is 14.2. The fourth-order valence-corrected chi connectivity index (χ4v) is 2.78. The topological polar surface area (TPSA) is 74.3 Å². The second-order valence-electron chi connectivity index (χ2n) is 6.15. The van der Waals surface area contributed by atoms with Gasteiger partial charge in [-0.1, -0.05) is 18.2 Å². The van der Waals surface area contributed by atoms with Crippen LogP contribution in [0, 0.1) is 0 Å². The van der Waals surface area contributed by atoms with Crippen molar-refractivity contribution in [2.75, 3.05) is 23.3 Å². The highest BCUT2D eigenvalue weighted by Gasteiger charge is 2.17. The van der Waals surface area contributed by atoms with Crippen LogP contribution in [0.15, 0.2) is 48.7 Å². The molecule has 1 saturated heterocycles. The first-order valence-corrected chi connectivity index (χ1v) is 8.51. The molecule has 1 aliphatic rings. The van der Waals surface area contributed by atoms with Gasteiger partial charge in [0.1, 0.15) is 11.9 Å². The third-order valence-corrected chi connectivity index (χ3v) is 4.22. The maximum Gasteiger partial charge on any atom is 0.251 e. The van der Waals surface area contributed by atoms with E-state index >= 15 is 0 Å². The molecule has 2 aromatic rings. The van der Waals surface area contributed by atoms with Crippen LogP contribution in [0.5, 0.6) is 0 Å². The Morgan fingerprint density at radius 3 is 2.44 bits per heavy atom. The number of benzene rings is 1. The third-order valence-electron chi connectivity index (χ3n) is 4.22. The van der Waals surface area contributed by atoms with Crippen LogP contribution in [0.25, 0.3) is 0 Å². The summed E-state index contributed by atoms with van der Waals surface area (Å²) < 4.78 is 0. The monoisotopic (exact) mass is 338 g/mol. The van der Waals surface area contributed by atoms with Crippen molar-refractivity contribution in [3.63, 3.8) is 0 Å². The predicted octanol–water partition coefficient (Wildman–Crippen LogP) is 2.44. The normalized spacial score (nSPS) is 14.8. The van der Waals surface area contributed by atoms with E-state index in [2.05, 4.69) is 20.5 Å². The Balaban J connectivity index is 1.55. The molecule has 0 saturated carbocycles. The number of anilines is 2. The number of pyridine rings is 1. The van der Waals surface area contributed by atoms with Gasteiger partial charge >= 0.3 is 0 Å². The molecule has 2 heterocycles. The zero-order chi connectivity index (χ0) is 17.6. The van der Waals surface area contributed by atoms with E-state index in [1.807, 2.05) is 18.2 Å². The zero-order valence-corrected chi connectivity index (χ0v) is 14.2. The van der Waals surface area contributed by atoms with Gasteiger partial charge in [-0.2, -0.15) is 0 Å². The van der Waals surface area contributed by atoms with Gasteiger partial charge in [-0.05, 0) is 44.0 Å². The fourth-order valence-electron chi connectivity index (χ4n) is 2.78. The molecule has 6 nitrogen and oxygen atoms in total. The Morgan fingerprint density at radius 2 is 1.80 bits per heavy atom. The minimum atomic E-state index is -0.647. The summed E-state index contributed by atoms with van der Waals surface area (Å²) in [6.45, 7) is 3.71. The van der Waals surface area contributed by atoms with Crippen LogP contribution in [0.4, 0.5) is 11.5 Å². The molecule has 1 aliphatic heterocycles. The summed E-state index contributed by atoms with van der Waals surface area (Å²) >= 11 is 0. The summed E-state index contributed by atoms with van der Waals surface area (Å²) in [5.41, 5.74) is 1.15. The Bertz CT molecular complexity index is 725. The van der Waals surface area contributed by atoms with Crippen LogP contribution in [0.2, 0.25) is 0 Å². The molecular formula is C19H22N4O2. The van der Waals surface area contributed by atoms with Crippen LogP contribution < -0.4 is 15.5 Å². The molecule has 2 N–H and O–H groups in total. The Kier molecular flexibility index (Phi) is 5.28. The molecule has 0 spiro atoms. The van der Waals surface area contributed by atoms with Crippen LogP contribution in [-0.4, -0.2) is 35.9 Å². The molecule has 1 fully saturated rings. The van der Waals surface area contributed by atoms with Gasteiger partial charge in [-0.25, -0.2) is 4.98 Å². The number of amides is 2. The summed E-state index contributed by atoms with van der Waals surface area (Å²) in [5, 5.41) is 5.47. The Labute approximate surface area is 147 Å². The lowest BCUT2D eigenvalue weighted by Gasteiger charge is -2.17. The van der Waals surface area contributed by atoms with E-state index in [9.17, 15) is 9.59 Å². The van der Waals surface area contributed by atoms with E-state index in [0.29, 0.717) is 11.3 Å². The minimum Gasteiger partial charge on any atom is -0.357 e. The molecule has 1 aromatic heterocycles. The number of nitrogens with one attached hydrogen (secondary N) is 2. The SMILES string of the molecule is CC(NC(=O)c1ccccc1)C(=O)Nc1ccc(N2CCCC2)nc1. The number of hydrogen-bond acceptors (Lipinski definition) is 4. The summed E-state index contributed by atoms with van der Waals surface area (Å²) in [5.74, 6) is 0.381. The quantitative estimate of drug-likeness (QED) is 0.878. The summed E-state index contributed by atoms with van der Waals surface area (Å²) in [4.78, 5) is 31.0. The average Bonchev–Trinajstić information content (AvgIpc) is 3.17. The Hall–Kier alpha value is -2.89. The first-order valence-electron chi connectivity index (χ1n) is 8.51. The highest BCUT2D eigenvalue weighted by molar-refractivity contribution is 6.00. The van der Waals surface area contributed by atoms with Gasteiger partial charge in [0.2, 0.25) is 5.91 Å². The van der Waals surface area contributed by atoms with Crippen molar-refractivity contribution in [1.29, 1.82) is 0 Å². The van der Waals surface area contributed by atoms with E-state index in [-0.39, 0.29) is 11.8 Å². The standard InChI is InChI=1S/C19H22N4O2/c1-14(21-19(25)15-7-3-2-4-8-15)18(24)22-16-9-10-17(20-13-16)23-11-5-6-12-23/h2-4,7-10,13-14H,5-6,11-12H2,1H3,(H,21,25)(H,22,24). The van der Waals surface area contributed by atoms with Crippen molar-refractivity contribution in [2.24, 2.45) is 0 Å². The minimum absolute atomic E-state index is 0.272. The summed E-state index contributed by atoms with van der Waals surface area (Å²) in [6, 6.07) is 11.9. The number of carbonyl (C=O) groups is 2. The van der Waals surface area contributed by atoms with Gasteiger partial charge in [-0.15, -0.1) is 0 Å². The van der Waals surface area contributed by atoms with Crippen LogP contribution in [-0.2, 0) is 4.79 Å². The number of hydrogen-bond donors (Lipinski definition) is 2. The highest BCUT2D eigenvalue weighted by Crippen LogP contribution is 2.19. The van der Waals surface area contributed by atoms with Crippen LogP contribution >= 0.6 is 0 Å².